The first kappa shape index (κ1) is 23.1. The number of carbonyl (C=O) groups is 1. The topological polar surface area (TPSA) is 89.9 Å². The fraction of sp³-hybridized carbons (Fsp3) is 0.375. The van der Waals surface area contributed by atoms with E-state index < -0.39 is 16.1 Å². The number of sulfonamides is 1. The number of nitrogens with one attached hydrogen (secondary N) is 1. The molecule has 0 saturated carbocycles. The number of amides is 1. The van der Waals surface area contributed by atoms with Crippen LogP contribution < -0.4 is 14.8 Å². The summed E-state index contributed by atoms with van der Waals surface area (Å²) in [5, 5.41) is 3.73. The van der Waals surface area contributed by atoms with Crippen molar-refractivity contribution in [2.45, 2.75) is 37.2 Å². The second-order valence-electron chi connectivity index (χ2n) is 8.10. The summed E-state index contributed by atoms with van der Waals surface area (Å²) in [6.07, 6.45) is 3.60. The summed E-state index contributed by atoms with van der Waals surface area (Å²) in [7, 11) is -0.350. The van der Waals surface area contributed by atoms with Crippen molar-refractivity contribution in [3.05, 3.63) is 54.2 Å². The molecule has 33 heavy (non-hydrogen) atoms. The summed E-state index contributed by atoms with van der Waals surface area (Å²) >= 11 is 0. The Labute approximate surface area is 194 Å². The number of benzene rings is 2. The van der Waals surface area contributed by atoms with E-state index in [4.69, 9.17) is 9.47 Å². The van der Waals surface area contributed by atoms with Crippen molar-refractivity contribution in [1.82, 2.24) is 14.2 Å². The van der Waals surface area contributed by atoms with Gasteiger partial charge in [0.05, 0.1) is 19.1 Å². The molecule has 0 bridgehead atoms. The lowest BCUT2D eigenvalue weighted by Gasteiger charge is -2.18. The SMILES string of the molecule is COc1cccc(CNC(=O)C(C)n2ccc3cc(S(=O)(=O)N4CCCC4)ccc32)c1OC. The molecule has 1 fully saturated rings. The minimum absolute atomic E-state index is 0.161. The van der Waals surface area contributed by atoms with Crippen LogP contribution in [-0.2, 0) is 21.4 Å². The molecular formula is C24H29N3O5S. The second kappa shape index (κ2) is 9.44. The number of ether oxygens (including phenoxy) is 2. The molecule has 1 unspecified atom stereocenters. The van der Waals surface area contributed by atoms with E-state index in [9.17, 15) is 13.2 Å². The molecule has 1 atom stereocenters. The molecule has 4 rings (SSSR count). The largest absolute Gasteiger partial charge is 0.493 e. The zero-order valence-electron chi connectivity index (χ0n) is 19.1. The molecule has 0 spiro atoms. The van der Waals surface area contributed by atoms with Gasteiger partial charge in [-0.2, -0.15) is 4.31 Å². The summed E-state index contributed by atoms with van der Waals surface area (Å²) < 4.78 is 39.9. The van der Waals surface area contributed by atoms with E-state index in [1.54, 1.807) is 38.5 Å². The van der Waals surface area contributed by atoms with Crippen LogP contribution in [0.4, 0.5) is 0 Å². The van der Waals surface area contributed by atoms with Gasteiger partial charge in [0.25, 0.3) is 0 Å². The third-order valence-electron chi connectivity index (χ3n) is 6.13. The van der Waals surface area contributed by atoms with Gasteiger partial charge >= 0.3 is 0 Å². The van der Waals surface area contributed by atoms with E-state index >= 15 is 0 Å². The number of hydrogen-bond donors (Lipinski definition) is 1. The van der Waals surface area contributed by atoms with Crippen LogP contribution in [0.15, 0.2) is 53.6 Å². The maximum atomic E-state index is 12.9. The van der Waals surface area contributed by atoms with Crippen molar-refractivity contribution in [1.29, 1.82) is 0 Å². The molecule has 1 amide bonds. The third kappa shape index (κ3) is 4.43. The molecule has 0 radical (unpaired) electrons. The third-order valence-corrected chi connectivity index (χ3v) is 8.02. The zero-order chi connectivity index (χ0) is 23.6. The van der Waals surface area contributed by atoms with E-state index in [1.165, 1.54) is 4.31 Å². The van der Waals surface area contributed by atoms with Crippen LogP contribution in [0.5, 0.6) is 11.5 Å². The zero-order valence-corrected chi connectivity index (χ0v) is 19.9. The monoisotopic (exact) mass is 471 g/mol. The summed E-state index contributed by atoms with van der Waals surface area (Å²) in [5.41, 5.74) is 1.61. The molecule has 176 valence electrons. The highest BCUT2D eigenvalue weighted by atomic mass is 32.2. The Kier molecular flexibility index (Phi) is 6.62. The Morgan fingerprint density at radius 2 is 1.85 bits per heavy atom. The molecule has 1 aliphatic rings. The lowest BCUT2D eigenvalue weighted by molar-refractivity contribution is -0.123. The highest BCUT2D eigenvalue weighted by molar-refractivity contribution is 7.89. The van der Waals surface area contributed by atoms with Gasteiger partial charge in [-0.1, -0.05) is 12.1 Å². The first-order valence-corrected chi connectivity index (χ1v) is 12.4. The van der Waals surface area contributed by atoms with Crippen molar-refractivity contribution in [2.75, 3.05) is 27.3 Å². The molecular weight excluding hydrogens is 442 g/mol. The first-order valence-electron chi connectivity index (χ1n) is 10.9. The van der Waals surface area contributed by atoms with Crippen LogP contribution in [0.3, 0.4) is 0 Å². The van der Waals surface area contributed by atoms with Crippen LogP contribution in [0.25, 0.3) is 10.9 Å². The van der Waals surface area contributed by atoms with Gasteiger partial charge in [0, 0.05) is 42.3 Å². The van der Waals surface area contributed by atoms with Crippen molar-refractivity contribution < 1.29 is 22.7 Å². The molecule has 1 aromatic heterocycles. The Bertz CT molecular complexity index is 1260. The van der Waals surface area contributed by atoms with E-state index in [-0.39, 0.29) is 10.8 Å². The summed E-state index contributed by atoms with van der Waals surface area (Å²) in [6.45, 7) is 3.24. The molecule has 0 aliphatic carbocycles. The van der Waals surface area contributed by atoms with Gasteiger partial charge in [-0.25, -0.2) is 8.42 Å². The van der Waals surface area contributed by atoms with Gasteiger partial charge in [0.15, 0.2) is 11.5 Å². The highest BCUT2D eigenvalue weighted by Crippen LogP contribution is 2.31. The molecule has 2 heterocycles. The lowest BCUT2D eigenvalue weighted by Crippen LogP contribution is -2.30. The van der Waals surface area contributed by atoms with Crippen LogP contribution >= 0.6 is 0 Å². The minimum Gasteiger partial charge on any atom is -0.493 e. The smallest absolute Gasteiger partial charge is 0.243 e. The van der Waals surface area contributed by atoms with Gasteiger partial charge in [-0.05, 0) is 50.1 Å². The maximum Gasteiger partial charge on any atom is 0.243 e. The van der Waals surface area contributed by atoms with Gasteiger partial charge in [0.1, 0.15) is 6.04 Å². The maximum absolute atomic E-state index is 12.9. The Balaban J connectivity index is 1.51. The van der Waals surface area contributed by atoms with Crippen LogP contribution in [0.1, 0.15) is 31.4 Å². The summed E-state index contributed by atoms with van der Waals surface area (Å²) in [5.74, 6) is 1.03. The van der Waals surface area contributed by atoms with Crippen LogP contribution in [0, 0.1) is 0 Å². The van der Waals surface area contributed by atoms with E-state index in [2.05, 4.69) is 5.32 Å². The molecule has 1 saturated heterocycles. The molecule has 1 aliphatic heterocycles. The van der Waals surface area contributed by atoms with Crippen molar-refractivity contribution in [3.63, 3.8) is 0 Å². The van der Waals surface area contributed by atoms with Gasteiger partial charge in [-0.3, -0.25) is 4.79 Å². The standard InChI is InChI=1S/C24H29N3O5S/c1-17(24(28)25-16-19-7-6-8-22(31-2)23(19)32-3)27-14-11-18-15-20(9-10-21(18)27)33(29,30)26-12-4-5-13-26/h6-11,14-15,17H,4-5,12-13,16H2,1-3H3,(H,25,28). The Morgan fingerprint density at radius 1 is 1.09 bits per heavy atom. The fourth-order valence-electron chi connectivity index (χ4n) is 4.27. The fourth-order valence-corrected chi connectivity index (χ4v) is 5.82. The summed E-state index contributed by atoms with van der Waals surface area (Å²) in [4.78, 5) is 13.2. The minimum atomic E-state index is -3.49. The Hall–Kier alpha value is -3.04. The second-order valence-corrected chi connectivity index (χ2v) is 10.0. The number of nitrogens with zero attached hydrogens (tertiary/aromatic N) is 2. The summed E-state index contributed by atoms with van der Waals surface area (Å²) in [6, 6.07) is 12.0. The number of hydrogen-bond acceptors (Lipinski definition) is 5. The van der Waals surface area contributed by atoms with E-state index in [1.807, 2.05) is 35.9 Å². The van der Waals surface area contributed by atoms with Gasteiger partial charge < -0.3 is 19.4 Å². The van der Waals surface area contributed by atoms with E-state index in [0.717, 1.165) is 29.3 Å². The molecule has 3 aromatic rings. The van der Waals surface area contributed by atoms with E-state index in [0.29, 0.717) is 31.1 Å². The Morgan fingerprint density at radius 3 is 2.55 bits per heavy atom. The van der Waals surface area contributed by atoms with Crippen molar-refractivity contribution in [3.8, 4) is 11.5 Å². The molecule has 8 nitrogen and oxygen atoms in total. The van der Waals surface area contributed by atoms with Crippen LogP contribution in [-0.4, -0.2) is 50.5 Å². The average Bonchev–Trinajstić information content (AvgIpc) is 3.52. The quantitative estimate of drug-likeness (QED) is 0.544. The number of carbonyl (C=O) groups excluding carboxylic acids is 1. The number of rotatable bonds is 8. The molecule has 9 heteroatoms. The normalized spacial score (nSPS) is 15.5. The average molecular weight is 472 g/mol. The molecule has 2 aromatic carbocycles. The predicted molar refractivity (Wildman–Crippen MR) is 126 cm³/mol. The van der Waals surface area contributed by atoms with Crippen molar-refractivity contribution in [2.24, 2.45) is 0 Å². The molecule has 1 N–H and O–H groups in total. The van der Waals surface area contributed by atoms with Crippen molar-refractivity contribution >= 4 is 26.8 Å². The van der Waals surface area contributed by atoms with Gasteiger partial charge in [-0.15, -0.1) is 0 Å². The number of para-hydroxylation sites is 1. The lowest BCUT2D eigenvalue weighted by atomic mass is 10.1. The number of aromatic nitrogens is 1. The first-order chi connectivity index (χ1) is 15.9. The predicted octanol–water partition coefficient (Wildman–Crippen LogP) is 3.32. The highest BCUT2D eigenvalue weighted by Gasteiger charge is 2.27. The van der Waals surface area contributed by atoms with Gasteiger partial charge in [0.2, 0.25) is 15.9 Å². The van der Waals surface area contributed by atoms with Crippen LogP contribution in [0.2, 0.25) is 0 Å². The number of methoxy groups -OCH3 is 2. The number of fused-ring (bicyclic) bond motifs is 1.